The summed E-state index contributed by atoms with van der Waals surface area (Å²) in [5, 5.41) is 3.27. The van der Waals surface area contributed by atoms with Crippen molar-refractivity contribution in [1.82, 2.24) is 10.2 Å². The van der Waals surface area contributed by atoms with E-state index in [2.05, 4.69) is 21.2 Å². The average Bonchev–Trinajstić information content (AvgIpc) is 2.41. The summed E-state index contributed by atoms with van der Waals surface area (Å²) in [6.07, 6.45) is 2.05. The minimum Gasteiger partial charge on any atom is -0.337 e. The van der Waals surface area contributed by atoms with Crippen LogP contribution >= 0.6 is 15.9 Å². The largest absolute Gasteiger partial charge is 0.337 e. The van der Waals surface area contributed by atoms with E-state index < -0.39 is 5.82 Å². The van der Waals surface area contributed by atoms with E-state index >= 15 is 0 Å². The van der Waals surface area contributed by atoms with Gasteiger partial charge in [-0.25, -0.2) is 4.39 Å². The van der Waals surface area contributed by atoms with Gasteiger partial charge in [0.15, 0.2) is 0 Å². The predicted octanol–water partition coefficient (Wildman–Crippen LogP) is 2.41. The molecule has 1 aromatic rings. The Morgan fingerprint density at radius 2 is 2.33 bits per heavy atom. The SMILES string of the molecule is CN(C(=O)c1cc(F)ccc1Br)C1CCCNC1. The second kappa shape index (κ2) is 5.80. The first-order chi connectivity index (χ1) is 8.59. The molecule has 3 nitrogen and oxygen atoms in total. The molecule has 0 aliphatic carbocycles. The van der Waals surface area contributed by atoms with Crippen molar-refractivity contribution >= 4 is 21.8 Å². The van der Waals surface area contributed by atoms with Crippen molar-refractivity contribution in [2.45, 2.75) is 18.9 Å². The number of benzene rings is 1. The van der Waals surface area contributed by atoms with Gasteiger partial charge < -0.3 is 10.2 Å². The van der Waals surface area contributed by atoms with E-state index in [4.69, 9.17) is 0 Å². The molecule has 1 saturated heterocycles. The number of carbonyl (C=O) groups excluding carboxylic acids is 1. The number of amides is 1. The molecule has 18 heavy (non-hydrogen) atoms. The molecule has 1 aliphatic heterocycles. The molecule has 1 amide bonds. The zero-order chi connectivity index (χ0) is 13.1. The zero-order valence-corrected chi connectivity index (χ0v) is 11.8. The van der Waals surface area contributed by atoms with Crippen molar-refractivity contribution in [1.29, 1.82) is 0 Å². The number of rotatable bonds is 2. The molecule has 0 saturated carbocycles. The van der Waals surface area contributed by atoms with E-state index in [9.17, 15) is 9.18 Å². The van der Waals surface area contributed by atoms with Crippen molar-refractivity contribution in [2.75, 3.05) is 20.1 Å². The second-order valence-electron chi connectivity index (χ2n) is 4.54. The summed E-state index contributed by atoms with van der Waals surface area (Å²) in [5.41, 5.74) is 0.378. The lowest BCUT2D eigenvalue weighted by Gasteiger charge is -2.32. The number of nitrogens with one attached hydrogen (secondary N) is 1. The molecule has 1 N–H and O–H groups in total. The molecule has 1 aromatic carbocycles. The molecule has 98 valence electrons. The van der Waals surface area contributed by atoms with Crippen molar-refractivity contribution < 1.29 is 9.18 Å². The van der Waals surface area contributed by atoms with Gasteiger partial charge in [-0.05, 0) is 53.5 Å². The van der Waals surface area contributed by atoms with Gasteiger partial charge in [0.25, 0.3) is 5.91 Å². The fraction of sp³-hybridized carbons (Fsp3) is 0.462. The molecule has 0 radical (unpaired) electrons. The van der Waals surface area contributed by atoms with Crippen LogP contribution < -0.4 is 5.32 Å². The number of likely N-dealkylation sites (N-methyl/N-ethyl adjacent to an activating group) is 1. The molecular weight excluding hydrogens is 299 g/mol. The lowest BCUT2D eigenvalue weighted by atomic mass is 10.1. The molecular formula is C13H16BrFN2O. The van der Waals surface area contributed by atoms with Crippen molar-refractivity contribution in [3.8, 4) is 0 Å². The zero-order valence-electron chi connectivity index (χ0n) is 10.2. The van der Waals surface area contributed by atoms with Crippen LogP contribution in [0.5, 0.6) is 0 Å². The van der Waals surface area contributed by atoms with Crippen molar-refractivity contribution in [3.05, 3.63) is 34.1 Å². The normalized spacial score (nSPS) is 19.6. The predicted molar refractivity (Wildman–Crippen MR) is 72.1 cm³/mol. The van der Waals surface area contributed by atoms with E-state index in [1.165, 1.54) is 12.1 Å². The summed E-state index contributed by atoms with van der Waals surface area (Å²) in [6, 6.07) is 4.36. The van der Waals surface area contributed by atoms with Gasteiger partial charge in [0.1, 0.15) is 5.82 Å². The minimum absolute atomic E-state index is 0.143. The highest BCUT2D eigenvalue weighted by atomic mass is 79.9. The van der Waals surface area contributed by atoms with Crippen LogP contribution in [0, 0.1) is 5.82 Å². The molecule has 1 unspecified atom stereocenters. The van der Waals surface area contributed by atoms with Gasteiger partial charge in [0.2, 0.25) is 0 Å². The maximum absolute atomic E-state index is 13.2. The topological polar surface area (TPSA) is 32.3 Å². The first-order valence-electron chi connectivity index (χ1n) is 6.02. The maximum Gasteiger partial charge on any atom is 0.255 e. The number of hydrogen-bond acceptors (Lipinski definition) is 2. The van der Waals surface area contributed by atoms with Gasteiger partial charge >= 0.3 is 0 Å². The molecule has 0 aromatic heterocycles. The van der Waals surface area contributed by atoms with Crippen LogP contribution in [-0.2, 0) is 0 Å². The lowest BCUT2D eigenvalue weighted by molar-refractivity contribution is 0.0707. The Hall–Kier alpha value is -0.940. The summed E-state index contributed by atoms with van der Waals surface area (Å²) >= 11 is 3.29. The molecule has 1 heterocycles. The first kappa shape index (κ1) is 13.5. The van der Waals surface area contributed by atoms with Crippen LogP contribution in [0.3, 0.4) is 0 Å². The Balaban J connectivity index is 2.16. The minimum atomic E-state index is -0.392. The van der Waals surface area contributed by atoms with Gasteiger partial charge in [0, 0.05) is 24.1 Å². The van der Waals surface area contributed by atoms with Crippen LogP contribution in [-0.4, -0.2) is 37.0 Å². The molecule has 0 spiro atoms. The monoisotopic (exact) mass is 314 g/mol. The first-order valence-corrected chi connectivity index (χ1v) is 6.82. The highest BCUT2D eigenvalue weighted by Crippen LogP contribution is 2.21. The molecule has 0 bridgehead atoms. The van der Waals surface area contributed by atoms with E-state index in [-0.39, 0.29) is 11.9 Å². The third-order valence-electron chi connectivity index (χ3n) is 3.30. The van der Waals surface area contributed by atoms with Crippen molar-refractivity contribution in [2.24, 2.45) is 0 Å². The number of piperidine rings is 1. The summed E-state index contributed by atoms with van der Waals surface area (Å²) < 4.78 is 13.8. The number of halogens is 2. The summed E-state index contributed by atoms with van der Waals surface area (Å²) in [7, 11) is 1.78. The Labute approximate surface area is 114 Å². The highest BCUT2D eigenvalue weighted by Gasteiger charge is 2.24. The highest BCUT2D eigenvalue weighted by molar-refractivity contribution is 9.10. The quantitative estimate of drug-likeness (QED) is 0.909. The van der Waals surface area contributed by atoms with Crippen LogP contribution in [0.15, 0.2) is 22.7 Å². The standard InChI is InChI=1S/C13H16BrFN2O/c1-17(10-3-2-6-16-8-10)13(18)11-7-9(15)4-5-12(11)14/h4-5,7,10,16H,2-3,6,8H2,1H3. The van der Waals surface area contributed by atoms with Crippen LogP contribution in [0.25, 0.3) is 0 Å². The average molecular weight is 315 g/mol. The Kier molecular flexibility index (Phi) is 4.35. The van der Waals surface area contributed by atoms with E-state index in [1.807, 2.05) is 0 Å². The Morgan fingerprint density at radius 3 is 3.00 bits per heavy atom. The molecule has 5 heteroatoms. The van der Waals surface area contributed by atoms with Crippen molar-refractivity contribution in [3.63, 3.8) is 0 Å². The van der Waals surface area contributed by atoms with E-state index in [0.29, 0.717) is 10.0 Å². The number of hydrogen-bond donors (Lipinski definition) is 1. The van der Waals surface area contributed by atoms with Gasteiger partial charge in [-0.1, -0.05) is 0 Å². The molecule has 1 atom stereocenters. The fourth-order valence-corrected chi connectivity index (χ4v) is 2.60. The Bertz CT molecular complexity index is 447. The van der Waals surface area contributed by atoms with Gasteiger partial charge in [-0.2, -0.15) is 0 Å². The van der Waals surface area contributed by atoms with Crippen LogP contribution in [0.4, 0.5) is 4.39 Å². The molecule has 2 rings (SSSR count). The Morgan fingerprint density at radius 1 is 1.56 bits per heavy atom. The lowest BCUT2D eigenvalue weighted by Crippen LogP contribution is -2.46. The van der Waals surface area contributed by atoms with Gasteiger partial charge in [-0.15, -0.1) is 0 Å². The third kappa shape index (κ3) is 2.90. The van der Waals surface area contributed by atoms with Crippen LogP contribution in [0.1, 0.15) is 23.2 Å². The number of carbonyl (C=O) groups is 1. The number of nitrogens with zero attached hydrogens (tertiary/aromatic N) is 1. The van der Waals surface area contributed by atoms with E-state index in [1.54, 1.807) is 18.0 Å². The maximum atomic E-state index is 13.2. The van der Waals surface area contributed by atoms with Crippen LogP contribution in [0.2, 0.25) is 0 Å². The molecule has 1 fully saturated rings. The summed E-state index contributed by atoms with van der Waals surface area (Å²) in [6.45, 7) is 1.80. The summed E-state index contributed by atoms with van der Waals surface area (Å²) in [4.78, 5) is 14.0. The summed E-state index contributed by atoms with van der Waals surface area (Å²) in [5.74, 6) is -0.535. The third-order valence-corrected chi connectivity index (χ3v) is 3.99. The van der Waals surface area contributed by atoms with E-state index in [0.717, 1.165) is 25.9 Å². The fourth-order valence-electron chi connectivity index (χ4n) is 2.18. The smallest absolute Gasteiger partial charge is 0.255 e. The molecule has 1 aliphatic rings. The van der Waals surface area contributed by atoms with Gasteiger partial charge in [-0.3, -0.25) is 4.79 Å². The van der Waals surface area contributed by atoms with Gasteiger partial charge in [0.05, 0.1) is 5.56 Å². The second-order valence-corrected chi connectivity index (χ2v) is 5.39.